The molecule has 0 radical (unpaired) electrons. The molecule has 1 aliphatic heterocycles. The summed E-state index contributed by atoms with van der Waals surface area (Å²) in [6, 6.07) is 4.78. The highest BCUT2D eigenvalue weighted by Gasteiger charge is 2.57. The SMILES string of the molecule is O=C1OC2(CC2)C(O)=C1c1ccc(Cl)c(Cl)c1. The lowest BCUT2D eigenvalue weighted by Gasteiger charge is -2.04. The van der Waals surface area contributed by atoms with Crippen LogP contribution < -0.4 is 0 Å². The van der Waals surface area contributed by atoms with Crippen LogP contribution in [-0.4, -0.2) is 16.7 Å². The number of carbonyl (C=O) groups is 1. The van der Waals surface area contributed by atoms with Gasteiger partial charge in [0.15, 0.2) is 11.4 Å². The Morgan fingerprint density at radius 1 is 1.24 bits per heavy atom. The lowest BCUT2D eigenvalue weighted by molar-refractivity contribution is -0.140. The number of benzene rings is 1. The smallest absolute Gasteiger partial charge is 0.343 e. The Labute approximate surface area is 108 Å². The molecule has 17 heavy (non-hydrogen) atoms. The van der Waals surface area contributed by atoms with Gasteiger partial charge in [-0.1, -0.05) is 29.3 Å². The molecule has 5 heteroatoms. The predicted molar refractivity (Wildman–Crippen MR) is 64.1 cm³/mol. The van der Waals surface area contributed by atoms with Crippen molar-refractivity contribution in [1.82, 2.24) is 0 Å². The van der Waals surface area contributed by atoms with Crippen LogP contribution in [0.2, 0.25) is 10.0 Å². The average molecular weight is 271 g/mol. The van der Waals surface area contributed by atoms with Gasteiger partial charge in [-0.25, -0.2) is 4.79 Å². The summed E-state index contributed by atoms with van der Waals surface area (Å²) in [5.41, 5.74) is -0.0230. The highest BCUT2D eigenvalue weighted by Crippen LogP contribution is 2.52. The maximum absolute atomic E-state index is 11.7. The Kier molecular flexibility index (Phi) is 2.19. The first-order chi connectivity index (χ1) is 8.03. The maximum Gasteiger partial charge on any atom is 0.343 e. The third-order valence-electron chi connectivity index (χ3n) is 3.07. The topological polar surface area (TPSA) is 46.5 Å². The standard InChI is InChI=1S/C12H8Cl2O3/c13-7-2-1-6(5-8(7)14)9-10(15)12(3-4-12)17-11(9)16/h1-2,5,15H,3-4H2. The number of esters is 1. The molecule has 0 aromatic heterocycles. The molecule has 1 aliphatic carbocycles. The van der Waals surface area contributed by atoms with Crippen LogP contribution in [0.3, 0.4) is 0 Å². The van der Waals surface area contributed by atoms with Crippen molar-refractivity contribution < 1.29 is 14.6 Å². The van der Waals surface area contributed by atoms with Crippen LogP contribution in [0.15, 0.2) is 24.0 Å². The van der Waals surface area contributed by atoms with Gasteiger partial charge in [-0.3, -0.25) is 0 Å². The van der Waals surface area contributed by atoms with E-state index in [4.69, 9.17) is 27.9 Å². The van der Waals surface area contributed by atoms with Crippen LogP contribution in [0.25, 0.3) is 5.57 Å². The molecule has 1 heterocycles. The molecule has 0 amide bonds. The summed E-state index contributed by atoms with van der Waals surface area (Å²) in [6.45, 7) is 0. The lowest BCUT2D eigenvalue weighted by atomic mass is 10.0. The Morgan fingerprint density at radius 2 is 1.94 bits per heavy atom. The molecule has 3 rings (SSSR count). The van der Waals surface area contributed by atoms with Crippen molar-refractivity contribution in [3.63, 3.8) is 0 Å². The monoisotopic (exact) mass is 270 g/mol. The summed E-state index contributed by atoms with van der Waals surface area (Å²) < 4.78 is 5.17. The van der Waals surface area contributed by atoms with Gasteiger partial charge in [0.1, 0.15) is 5.57 Å². The first kappa shape index (κ1) is 10.9. The summed E-state index contributed by atoms with van der Waals surface area (Å²) in [6.07, 6.45) is 1.35. The van der Waals surface area contributed by atoms with E-state index in [1.54, 1.807) is 18.2 Å². The second-order valence-corrected chi connectivity index (χ2v) is 5.05. The molecule has 3 nitrogen and oxygen atoms in total. The van der Waals surface area contributed by atoms with E-state index in [2.05, 4.69) is 0 Å². The summed E-state index contributed by atoms with van der Waals surface area (Å²) in [4.78, 5) is 11.7. The summed E-state index contributed by atoms with van der Waals surface area (Å²) in [5.74, 6) is -0.487. The van der Waals surface area contributed by atoms with E-state index < -0.39 is 11.6 Å². The van der Waals surface area contributed by atoms with Crippen molar-refractivity contribution in [2.24, 2.45) is 0 Å². The number of hydrogen-bond acceptors (Lipinski definition) is 3. The zero-order chi connectivity index (χ0) is 12.2. The van der Waals surface area contributed by atoms with E-state index in [0.717, 1.165) is 0 Å². The summed E-state index contributed by atoms with van der Waals surface area (Å²) in [7, 11) is 0. The van der Waals surface area contributed by atoms with Crippen LogP contribution in [0, 0.1) is 0 Å². The van der Waals surface area contributed by atoms with Crippen LogP contribution in [0.4, 0.5) is 0 Å². The first-order valence-electron chi connectivity index (χ1n) is 5.16. The maximum atomic E-state index is 11.7. The van der Waals surface area contributed by atoms with Crippen LogP contribution in [0.1, 0.15) is 18.4 Å². The van der Waals surface area contributed by atoms with Crippen molar-refractivity contribution in [3.8, 4) is 0 Å². The summed E-state index contributed by atoms with van der Waals surface area (Å²) >= 11 is 11.7. The molecule has 0 atom stereocenters. The number of hydrogen-bond donors (Lipinski definition) is 1. The average Bonchev–Trinajstić information content (AvgIpc) is 2.99. The third kappa shape index (κ3) is 1.53. The quantitative estimate of drug-likeness (QED) is 0.797. The van der Waals surface area contributed by atoms with Gasteiger partial charge < -0.3 is 9.84 Å². The van der Waals surface area contributed by atoms with Gasteiger partial charge in [-0.05, 0) is 30.5 Å². The van der Waals surface area contributed by atoms with Gasteiger partial charge in [0.25, 0.3) is 0 Å². The van der Waals surface area contributed by atoms with Crippen molar-refractivity contribution in [1.29, 1.82) is 0 Å². The van der Waals surface area contributed by atoms with E-state index in [-0.39, 0.29) is 11.3 Å². The van der Waals surface area contributed by atoms with E-state index in [9.17, 15) is 9.90 Å². The molecule has 2 aliphatic rings. The number of halogens is 2. The second-order valence-electron chi connectivity index (χ2n) is 4.24. The minimum Gasteiger partial charge on any atom is -0.507 e. The number of carbonyl (C=O) groups excluding carboxylic acids is 1. The molecule has 0 saturated heterocycles. The minimum atomic E-state index is -0.751. The fourth-order valence-electron chi connectivity index (χ4n) is 1.96. The van der Waals surface area contributed by atoms with Gasteiger partial charge in [-0.15, -0.1) is 0 Å². The molecule has 1 aromatic rings. The highest BCUT2D eigenvalue weighted by molar-refractivity contribution is 6.42. The Bertz CT molecular complexity index is 559. The lowest BCUT2D eigenvalue weighted by Crippen LogP contribution is -2.11. The molecule has 1 spiro atoms. The largest absolute Gasteiger partial charge is 0.507 e. The van der Waals surface area contributed by atoms with Crippen molar-refractivity contribution in [2.75, 3.05) is 0 Å². The van der Waals surface area contributed by atoms with E-state index >= 15 is 0 Å². The number of aliphatic hydroxyl groups excluding tert-OH is 1. The van der Waals surface area contributed by atoms with Crippen LogP contribution >= 0.6 is 23.2 Å². The van der Waals surface area contributed by atoms with Gasteiger partial charge in [0.2, 0.25) is 0 Å². The van der Waals surface area contributed by atoms with Crippen molar-refractivity contribution in [2.45, 2.75) is 18.4 Å². The fourth-order valence-corrected chi connectivity index (χ4v) is 2.26. The van der Waals surface area contributed by atoms with Gasteiger partial charge >= 0.3 is 5.97 Å². The zero-order valence-electron chi connectivity index (χ0n) is 8.67. The number of ether oxygens (including phenoxy) is 1. The third-order valence-corrected chi connectivity index (χ3v) is 3.81. The molecule has 88 valence electrons. The molecule has 0 unspecified atom stereocenters. The van der Waals surface area contributed by atoms with E-state index in [0.29, 0.717) is 28.5 Å². The zero-order valence-corrected chi connectivity index (χ0v) is 10.2. The minimum absolute atomic E-state index is 0.0147. The molecular weight excluding hydrogens is 263 g/mol. The van der Waals surface area contributed by atoms with Gasteiger partial charge in [0, 0.05) is 0 Å². The summed E-state index contributed by atoms with van der Waals surface area (Å²) in [5, 5.41) is 10.8. The van der Waals surface area contributed by atoms with Crippen LogP contribution in [0.5, 0.6) is 0 Å². The molecule has 1 N–H and O–H groups in total. The molecule has 1 saturated carbocycles. The van der Waals surface area contributed by atoms with Crippen molar-refractivity contribution >= 4 is 34.7 Å². The van der Waals surface area contributed by atoms with E-state index in [1.165, 1.54) is 0 Å². The second kappa shape index (κ2) is 3.40. The molecule has 0 bridgehead atoms. The first-order valence-corrected chi connectivity index (χ1v) is 5.92. The van der Waals surface area contributed by atoms with E-state index in [1.807, 2.05) is 0 Å². The Hall–Kier alpha value is -1.19. The van der Waals surface area contributed by atoms with Gasteiger partial charge in [-0.2, -0.15) is 0 Å². The molecule has 1 aromatic carbocycles. The van der Waals surface area contributed by atoms with Gasteiger partial charge in [0.05, 0.1) is 10.0 Å². The Balaban J connectivity index is 2.12. The Morgan fingerprint density at radius 3 is 2.47 bits per heavy atom. The molecule has 1 fully saturated rings. The van der Waals surface area contributed by atoms with Crippen molar-refractivity contribution in [3.05, 3.63) is 39.6 Å². The number of aliphatic hydroxyl groups is 1. The van der Waals surface area contributed by atoms with Crippen LogP contribution in [-0.2, 0) is 9.53 Å². The molecular formula is C12H8Cl2O3. The predicted octanol–water partition coefficient (Wildman–Crippen LogP) is 3.35. The highest BCUT2D eigenvalue weighted by atomic mass is 35.5. The fraction of sp³-hybridized carbons (Fsp3) is 0.250. The number of rotatable bonds is 1. The normalized spacial score (nSPS) is 20.9.